The zero-order valence-corrected chi connectivity index (χ0v) is 6.33. The highest BCUT2D eigenvalue weighted by molar-refractivity contribution is 6.11. The topological polar surface area (TPSA) is 38.6 Å². The smallest absolute Gasteiger partial charge is 0.326 e. The maximum atomic E-state index is 11.3. The third-order valence-corrected chi connectivity index (χ3v) is 1.96. The van der Waals surface area contributed by atoms with Crippen LogP contribution in [0.25, 0.3) is 0 Å². The fourth-order valence-electron chi connectivity index (χ4n) is 1.31. The second kappa shape index (κ2) is 2.25. The first kappa shape index (κ1) is 7.18. The molecule has 1 heterocycles. The number of benzene rings is 1. The SMILES string of the molecule is [CH2-][NH+]1C(=O)c2ccccc2C1=O. The Kier molecular flexibility index (Phi) is 1.35. The van der Waals surface area contributed by atoms with E-state index < -0.39 is 0 Å². The van der Waals surface area contributed by atoms with Gasteiger partial charge in [-0.25, -0.2) is 9.59 Å². The van der Waals surface area contributed by atoms with E-state index in [-0.39, 0.29) is 16.7 Å². The summed E-state index contributed by atoms with van der Waals surface area (Å²) in [6, 6.07) is 6.77. The van der Waals surface area contributed by atoms with Crippen molar-refractivity contribution in [3.8, 4) is 0 Å². The van der Waals surface area contributed by atoms with E-state index in [1.54, 1.807) is 24.3 Å². The third kappa shape index (κ3) is 0.740. The van der Waals surface area contributed by atoms with Crippen molar-refractivity contribution in [2.45, 2.75) is 0 Å². The number of hydrogen-bond acceptors (Lipinski definition) is 2. The van der Waals surface area contributed by atoms with Gasteiger partial charge in [-0.15, -0.1) is 7.05 Å². The molecule has 0 aromatic heterocycles. The van der Waals surface area contributed by atoms with Gasteiger partial charge in [-0.1, -0.05) is 12.1 Å². The van der Waals surface area contributed by atoms with Gasteiger partial charge in [-0.3, -0.25) is 0 Å². The number of nitrogens with one attached hydrogen (secondary N) is 1. The molecule has 1 aromatic carbocycles. The van der Waals surface area contributed by atoms with Crippen molar-refractivity contribution in [1.29, 1.82) is 0 Å². The van der Waals surface area contributed by atoms with Crippen molar-refractivity contribution in [3.05, 3.63) is 42.4 Å². The van der Waals surface area contributed by atoms with Crippen LogP contribution in [0.4, 0.5) is 0 Å². The lowest BCUT2D eigenvalue weighted by molar-refractivity contribution is -0.663. The average Bonchev–Trinajstić information content (AvgIpc) is 2.33. The van der Waals surface area contributed by atoms with Crippen molar-refractivity contribution in [1.82, 2.24) is 0 Å². The molecule has 2 amide bonds. The van der Waals surface area contributed by atoms with E-state index in [0.29, 0.717) is 11.1 Å². The van der Waals surface area contributed by atoms with Gasteiger partial charge >= 0.3 is 11.8 Å². The van der Waals surface area contributed by atoms with Crippen LogP contribution in [0.1, 0.15) is 20.7 Å². The van der Waals surface area contributed by atoms with E-state index in [0.717, 1.165) is 0 Å². The highest BCUT2D eigenvalue weighted by Gasteiger charge is 2.34. The zero-order chi connectivity index (χ0) is 8.72. The summed E-state index contributed by atoms with van der Waals surface area (Å²) >= 11 is 0. The molecule has 1 N–H and O–H groups in total. The summed E-state index contributed by atoms with van der Waals surface area (Å²) in [7, 11) is 3.43. The number of carbonyl (C=O) groups is 2. The first-order valence-corrected chi connectivity index (χ1v) is 3.59. The molecule has 0 aliphatic carbocycles. The van der Waals surface area contributed by atoms with Gasteiger partial charge < -0.3 is 4.90 Å². The fraction of sp³-hybridized carbons (Fsp3) is 0. The molecule has 2 rings (SSSR count). The van der Waals surface area contributed by atoms with Crippen LogP contribution in [0.2, 0.25) is 0 Å². The van der Waals surface area contributed by atoms with Gasteiger partial charge in [0.15, 0.2) is 0 Å². The van der Waals surface area contributed by atoms with E-state index in [1.165, 1.54) is 0 Å². The van der Waals surface area contributed by atoms with Gasteiger partial charge in [0, 0.05) is 0 Å². The van der Waals surface area contributed by atoms with E-state index in [9.17, 15) is 9.59 Å². The highest BCUT2D eigenvalue weighted by atomic mass is 16.2. The summed E-state index contributed by atoms with van der Waals surface area (Å²) in [5.74, 6) is -0.480. The number of carbonyl (C=O) groups excluding carboxylic acids is 2. The van der Waals surface area contributed by atoms with Crippen LogP contribution in [-0.4, -0.2) is 11.8 Å². The first-order valence-electron chi connectivity index (χ1n) is 3.59. The lowest BCUT2D eigenvalue weighted by atomic mass is 10.1. The Labute approximate surface area is 69.6 Å². The lowest BCUT2D eigenvalue weighted by Gasteiger charge is -2.04. The summed E-state index contributed by atoms with van der Waals surface area (Å²) in [6.45, 7) is 0. The number of fused-ring (bicyclic) bond motifs is 1. The highest BCUT2D eigenvalue weighted by Crippen LogP contribution is 2.10. The van der Waals surface area contributed by atoms with E-state index in [4.69, 9.17) is 0 Å². The van der Waals surface area contributed by atoms with Crippen molar-refractivity contribution in [2.24, 2.45) is 0 Å². The Morgan fingerprint density at radius 1 is 1.00 bits per heavy atom. The summed E-state index contributed by atoms with van der Waals surface area (Å²) in [5, 5.41) is 0. The Balaban J connectivity index is 2.67. The first-order chi connectivity index (χ1) is 5.72. The molecule has 0 radical (unpaired) electrons. The van der Waals surface area contributed by atoms with Crippen LogP contribution in [0, 0.1) is 7.05 Å². The molecular weight excluding hydrogens is 154 g/mol. The van der Waals surface area contributed by atoms with Crippen molar-refractivity contribution in [2.75, 3.05) is 0 Å². The minimum absolute atomic E-state index is 0.0798. The Bertz CT molecular complexity index is 336. The summed E-state index contributed by atoms with van der Waals surface area (Å²) in [5.41, 5.74) is 0.958. The number of quaternary nitrogens is 1. The second-order valence-corrected chi connectivity index (χ2v) is 2.68. The molecule has 1 aromatic rings. The van der Waals surface area contributed by atoms with Crippen LogP contribution >= 0.6 is 0 Å². The van der Waals surface area contributed by atoms with Crippen LogP contribution in [0.15, 0.2) is 24.3 Å². The lowest BCUT2D eigenvalue weighted by Crippen LogP contribution is -3.10. The molecule has 0 atom stereocenters. The van der Waals surface area contributed by atoms with Gasteiger partial charge in [0.25, 0.3) is 0 Å². The maximum Gasteiger partial charge on any atom is 0.326 e. The third-order valence-electron chi connectivity index (χ3n) is 1.96. The standard InChI is InChI=1S/C9H7NO2/c1-10-8(11)6-4-2-3-5-7(6)9(10)12/h2-5,10H,1H2. The number of amides is 2. The van der Waals surface area contributed by atoms with Gasteiger partial charge in [0.05, 0.1) is 11.1 Å². The molecule has 0 saturated heterocycles. The van der Waals surface area contributed by atoms with Crippen LogP contribution in [-0.2, 0) is 0 Å². The predicted molar refractivity (Wildman–Crippen MR) is 41.4 cm³/mol. The molecule has 12 heavy (non-hydrogen) atoms. The Morgan fingerprint density at radius 3 is 1.83 bits per heavy atom. The molecular formula is C9H7NO2. The maximum absolute atomic E-state index is 11.3. The number of imide groups is 1. The van der Waals surface area contributed by atoms with Crippen LogP contribution in [0.5, 0.6) is 0 Å². The minimum Gasteiger partial charge on any atom is -0.332 e. The molecule has 60 valence electrons. The number of rotatable bonds is 0. The van der Waals surface area contributed by atoms with Crippen LogP contribution in [0.3, 0.4) is 0 Å². The molecule has 0 saturated carbocycles. The molecule has 0 fully saturated rings. The minimum atomic E-state index is -0.240. The van der Waals surface area contributed by atoms with Crippen molar-refractivity contribution in [3.63, 3.8) is 0 Å². The molecule has 3 heteroatoms. The molecule has 3 nitrogen and oxygen atoms in total. The predicted octanol–water partition coefficient (Wildman–Crippen LogP) is -0.343. The van der Waals surface area contributed by atoms with E-state index >= 15 is 0 Å². The van der Waals surface area contributed by atoms with Gasteiger partial charge in [-0.2, -0.15) is 0 Å². The fourth-order valence-corrected chi connectivity index (χ4v) is 1.31. The van der Waals surface area contributed by atoms with E-state index in [2.05, 4.69) is 7.05 Å². The molecule has 1 aliphatic heterocycles. The quantitative estimate of drug-likeness (QED) is 0.417. The Morgan fingerprint density at radius 2 is 1.42 bits per heavy atom. The van der Waals surface area contributed by atoms with Crippen molar-refractivity contribution >= 4 is 11.8 Å². The van der Waals surface area contributed by atoms with Gasteiger partial charge in [0.2, 0.25) is 0 Å². The summed E-state index contributed by atoms with van der Waals surface area (Å²) < 4.78 is 0. The normalized spacial score (nSPS) is 16.8. The van der Waals surface area contributed by atoms with Crippen LogP contribution < -0.4 is 4.90 Å². The average molecular weight is 161 g/mol. The summed E-state index contributed by atoms with van der Waals surface area (Å²) in [6.07, 6.45) is 0. The number of hydrogen-bond donors (Lipinski definition) is 1. The molecule has 0 spiro atoms. The van der Waals surface area contributed by atoms with E-state index in [1.807, 2.05) is 0 Å². The molecule has 1 aliphatic rings. The molecule has 0 bridgehead atoms. The summed E-state index contributed by atoms with van der Waals surface area (Å²) in [4.78, 5) is 22.7. The largest absolute Gasteiger partial charge is 0.332 e. The van der Waals surface area contributed by atoms with Crippen molar-refractivity contribution < 1.29 is 14.5 Å². The zero-order valence-electron chi connectivity index (χ0n) is 6.33. The monoisotopic (exact) mass is 161 g/mol. The second-order valence-electron chi connectivity index (χ2n) is 2.68. The van der Waals surface area contributed by atoms with Gasteiger partial charge in [0.1, 0.15) is 0 Å². The Hall–Kier alpha value is -1.48. The molecule has 0 unspecified atom stereocenters. The van der Waals surface area contributed by atoms with Gasteiger partial charge in [-0.05, 0) is 12.1 Å².